The van der Waals surface area contributed by atoms with E-state index >= 15 is 0 Å². The Labute approximate surface area is 108 Å². The van der Waals surface area contributed by atoms with Crippen LogP contribution in [0.3, 0.4) is 0 Å². The second-order valence-electron chi connectivity index (χ2n) is 4.75. The van der Waals surface area contributed by atoms with Crippen molar-refractivity contribution in [2.24, 2.45) is 5.73 Å². The number of carbonyl (C=O) groups excluding carboxylic acids is 1. The fourth-order valence-corrected chi connectivity index (χ4v) is 2.11. The van der Waals surface area contributed by atoms with Crippen LogP contribution in [0.4, 0.5) is 0 Å². The molecular formula is C12H23N3O3. The van der Waals surface area contributed by atoms with Gasteiger partial charge in [0.1, 0.15) is 0 Å². The van der Waals surface area contributed by atoms with E-state index in [0.29, 0.717) is 6.54 Å². The molecular weight excluding hydrogens is 234 g/mol. The van der Waals surface area contributed by atoms with Gasteiger partial charge in [-0.2, -0.15) is 0 Å². The van der Waals surface area contributed by atoms with Crippen molar-refractivity contribution in [1.29, 1.82) is 0 Å². The number of nitrogens with zero attached hydrogens (tertiary/aromatic N) is 1. The highest BCUT2D eigenvalue weighted by molar-refractivity contribution is 5.85. The lowest BCUT2D eigenvalue weighted by Gasteiger charge is -2.20. The highest BCUT2D eigenvalue weighted by Crippen LogP contribution is 2.08. The highest BCUT2D eigenvalue weighted by atomic mass is 16.4. The van der Waals surface area contributed by atoms with Crippen molar-refractivity contribution in [3.8, 4) is 0 Å². The van der Waals surface area contributed by atoms with Gasteiger partial charge in [-0.05, 0) is 25.9 Å². The summed E-state index contributed by atoms with van der Waals surface area (Å²) < 4.78 is 0. The van der Waals surface area contributed by atoms with Crippen molar-refractivity contribution in [2.75, 3.05) is 26.2 Å². The number of hydrogen-bond donors (Lipinski definition) is 3. The molecule has 1 rings (SSSR count). The zero-order valence-electron chi connectivity index (χ0n) is 10.7. The Hall–Kier alpha value is -1.14. The molecule has 1 saturated heterocycles. The third kappa shape index (κ3) is 5.97. The van der Waals surface area contributed by atoms with E-state index in [1.807, 2.05) is 0 Å². The van der Waals surface area contributed by atoms with E-state index in [-0.39, 0.29) is 12.3 Å². The Bertz CT molecular complexity index is 276. The number of carboxylic acid groups (broad SMARTS) is 1. The first-order valence-corrected chi connectivity index (χ1v) is 6.57. The molecule has 0 aromatic heterocycles. The number of likely N-dealkylation sites (tertiary alicyclic amines) is 1. The maximum Gasteiger partial charge on any atom is 0.305 e. The van der Waals surface area contributed by atoms with E-state index < -0.39 is 12.0 Å². The molecule has 1 amide bonds. The molecule has 0 aliphatic carbocycles. The Morgan fingerprint density at radius 1 is 1.22 bits per heavy atom. The van der Waals surface area contributed by atoms with Crippen molar-refractivity contribution in [1.82, 2.24) is 10.2 Å². The van der Waals surface area contributed by atoms with E-state index in [9.17, 15) is 9.59 Å². The number of carboxylic acids is 1. The lowest BCUT2D eigenvalue weighted by Crippen LogP contribution is -2.44. The van der Waals surface area contributed by atoms with Gasteiger partial charge in [-0.1, -0.05) is 12.8 Å². The van der Waals surface area contributed by atoms with Crippen LogP contribution in [0.1, 0.15) is 32.1 Å². The first-order chi connectivity index (χ1) is 8.59. The lowest BCUT2D eigenvalue weighted by molar-refractivity contribution is -0.139. The molecule has 0 radical (unpaired) electrons. The van der Waals surface area contributed by atoms with Gasteiger partial charge in [-0.15, -0.1) is 0 Å². The fourth-order valence-electron chi connectivity index (χ4n) is 2.11. The molecule has 0 spiro atoms. The van der Waals surface area contributed by atoms with Crippen LogP contribution in [0.5, 0.6) is 0 Å². The summed E-state index contributed by atoms with van der Waals surface area (Å²) in [5, 5.41) is 11.2. The van der Waals surface area contributed by atoms with Gasteiger partial charge in [0.25, 0.3) is 0 Å². The molecule has 4 N–H and O–H groups in total. The van der Waals surface area contributed by atoms with E-state index in [1.165, 1.54) is 25.7 Å². The van der Waals surface area contributed by atoms with Gasteiger partial charge in [0.05, 0.1) is 12.5 Å². The molecule has 104 valence electrons. The highest BCUT2D eigenvalue weighted by Gasteiger charge is 2.16. The van der Waals surface area contributed by atoms with Gasteiger partial charge < -0.3 is 21.1 Å². The summed E-state index contributed by atoms with van der Waals surface area (Å²) in [6.07, 6.45) is 4.67. The Morgan fingerprint density at radius 3 is 2.39 bits per heavy atom. The summed E-state index contributed by atoms with van der Waals surface area (Å²) in [6, 6.07) is -0.952. The predicted octanol–water partition coefficient (Wildman–Crippen LogP) is -0.219. The second kappa shape index (κ2) is 8.05. The molecule has 1 fully saturated rings. The third-order valence-corrected chi connectivity index (χ3v) is 3.16. The van der Waals surface area contributed by atoms with E-state index in [4.69, 9.17) is 10.8 Å². The van der Waals surface area contributed by atoms with Crippen LogP contribution in [0.15, 0.2) is 0 Å². The van der Waals surface area contributed by atoms with E-state index in [1.54, 1.807) is 0 Å². The van der Waals surface area contributed by atoms with Gasteiger partial charge in [-0.3, -0.25) is 9.59 Å². The molecule has 1 unspecified atom stereocenters. The van der Waals surface area contributed by atoms with Gasteiger partial charge in [0.2, 0.25) is 5.91 Å². The third-order valence-electron chi connectivity index (χ3n) is 3.16. The summed E-state index contributed by atoms with van der Waals surface area (Å²) in [5.41, 5.74) is 5.46. The predicted molar refractivity (Wildman–Crippen MR) is 68.1 cm³/mol. The number of amides is 1. The number of aliphatic carboxylic acids is 1. The molecule has 0 aromatic carbocycles. The topological polar surface area (TPSA) is 95.7 Å². The Morgan fingerprint density at radius 2 is 1.83 bits per heavy atom. The van der Waals surface area contributed by atoms with Gasteiger partial charge in [-0.25, -0.2) is 0 Å². The minimum Gasteiger partial charge on any atom is -0.481 e. The zero-order chi connectivity index (χ0) is 13.4. The Balaban J connectivity index is 2.15. The summed E-state index contributed by atoms with van der Waals surface area (Å²) in [7, 11) is 0. The standard InChI is InChI=1S/C12H23N3O3/c13-10(9-11(16)17)12(18)14-5-8-15-6-3-1-2-4-7-15/h10H,1-9,13H2,(H,14,18)(H,16,17). The van der Waals surface area contributed by atoms with Crippen LogP contribution < -0.4 is 11.1 Å². The largest absolute Gasteiger partial charge is 0.481 e. The number of carbonyl (C=O) groups is 2. The van der Waals surface area contributed by atoms with Crippen molar-refractivity contribution < 1.29 is 14.7 Å². The quantitative estimate of drug-likeness (QED) is 0.611. The molecule has 6 heteroatoms. The minimum absolute atomic E-state index is 0.324. The molecule has 0 saturated carbocycles. The monoisotopic (exact) mass is 257 g/mol. The first kappa shape index (κ1) is 14.9. The van der Waals surface area contributed by atoms with Crippen molar-refractivity contribution >= 4 is 11.9 Å². The van der Waals surface area contributed by atoms with Crippen LogP contribution in [-0.2, 0) is 9.59 Å². The van der Waals surface area contributed by atoms with E-state index in [0.717, 1.165) is 19.6 Å². The number of hydrogen-bond acceptors (Lipinski definition) is 4. The van der Waals surface area contributed by atoms with Crippen LogP contribution >= 0.6 is 0 Å². The summed E-state index contributed by atoms with van der Waals surface area (Å²) in [5.74, 6) is -1.43. The van der Waals surface area contributed by atoms with Gasteiger partial charge >= 0.3 is 5.97 Å². The minimum atomic E-state index is -1.05. The molecule has 18 heavy (non-hydrogen) atoms. The first-order valence-electron chi connectivity index (χ1n) is 6.57. The van der Waals surface area contributed by atoms with Crippen molar-refractivity contribution in [3.05, 3.63) is 0 Å². The maximum atomic E-state index is 11.5. The number of nitrogens with one attached hydrogen (secondary N) is 1. The molecule has 1 aliphatic rings. The lowest BCUT2D eigenvalue weighted by atomic mass is 10.2. The maximum absolute atomic E-state index is 11.5. The van der Waals surface area contributed by atoms with Crippen LogP contribution in [-0.4, -0.2) is 54.1 Å². The molecule has 1 atom stereocenters. The average molecular weight is 257 g/mol. The van der Waals surface area contributed by atoms with Crippen LogP contribution in [0.25, 0.3) is 0 Å². The molecule has 0 aromatic rings. The Kier molecular flexibility index (Phi) is 6.67. The zero-order valence-corrected chi connectivity index (χ0v) is 10.7. The normalized spacial score (nSPS) is 18.9. The molecule has 1 heterocycles. The van der Waals surface area contributed by atoms with Crippen molar-refractivity contribution in [3.63, 3.8) is 0 Å². The number of nitrogens with two attached hydrogens (primary N) is 1. The average Bonchev–Trinajstić information content (AvgIpc) is 2.56. The smallest absolute Gasteiger partial charge is 0.305 e. The summed E-state index contributed by atoms with van der Waals surface area (Å²) in [4.78, 5) is 24.2. The molecule has 6 nitrogen and oxygen atoms in total. The molecule has 0 bridgehead atoms. The fraction of sp³-hybridized carbons (Fsp3) is 0.833. The SMILES string of the molecule is NC(CC(=O)O)C(=O)NCCN1CCCCCC1. The molecule has 1 aliphatic heterocycles. The van der Waals surface area contributed by atoms with Crippen molar-refractivity contribution in [2.45, 2.75) is 38.1 Å². The summed E-state index contributed by atoms with van der Waals surface area (Å²) >= 11 is 0. The number of rotatable bonds is 6. The summed E-state index contributed by atoms with van der Waals surface area (Å²) in [6.45, 7) is 3.51. The second-order valence-corrected chi connectivity index (χ2v) is 4.75. The van der Waals surface area contributed by atoms with Crippen LogP contribution in [0, 0.1) is 0 Å². The van der Waals surface area contributed by atoms with Gasteiger partial charge in [0, 0.05) is 13.1 Å². The van der Waals surface area contributed by atoms with Crippen LogP contribution in [0.2, 0.25) is 0 Å². The van der Waals surface area contributed by atoms with Gasteiger partial charge in [0.15, 0.2) is 0 Å². The van der Waals surface area contributed by atoms with E-state index in [2.05, 4.69) is 10.2 Å².